The highest BCUT2D eigenvalue weighted by atomic mass is 32.2. The lowest BCUT2D eigenvalue weighted by molar-refractivity contribution is 0.271. The van der Waals surface area contributed by atoms with Gasteiger partial charge in [0, 0.05) is 51.5 Å². The van der Waals surface area contributed by atoms with Crippen molar-refractivity contribution < 1.29 is 13.2 Å². The summed E-state index contributed by atoms with van der Waals surface area (Å²) in [6.07, 6.45) is 0. The third-order valence-electron chi connectivity index (χ3n) is 5.27. The number of nitrogens with zero attached hydrogens (tertiary/aromatic N) is 3. The van der Waals surface area contributed by atoms with Crippen LogP contribution in [0.15, 0.2) is 47.4 Å². The van der Waals surface area contributed by atoms with Gasteiger partial charge in [0.15, 0.2) is 0 Å². The van der Waals surface area contributed by atoms with E-state index in [1.807, 2.05) is 36.4 Å². The minimum Gasteiger partial charge on any atom is -0.495 e. The van der Waals surface area contributed by atoms with Crippen LogP contribution in [0.2, 0.25) is 0 Å². The summed E-state index contributed by atoms with van der Waals surface area (Å²) >= 11 is 0. The Morgan fingerprint density at radius 3 is 2.21 bits per heavy atom. The van der Waals surface area contributed by atoms with Gasteiger partial charge in [0.1, 0.15) is 10.6 Å². The number of benzene rings is 2. The van der Waals surface area contributed by atoms with Crippen molar-refractivity contribution in [2.24, 2.45) is 0 Å². The first-order chi connectivity index (χ1) is 13.4. The summed E-state index contributed by atoms with van der Waals surface area (Å²) in [4.78, 5) is 4.86. The minimum atomic E-state index is -3.66. The van der Waals surface area contributed by atoms with Crippen LogP contribution in [-0.2, 0) is 10.0 Å². The zero-order chi connectivity index (χ0) is 20.3. The molecule has 0 aromatic heterocycles. The molecule has 152 valence electrons. The summed E-state index contributed by atoms with van der Waals surface area (Å²) < 4.78 is 32.9. The van der Waals surface area contributed by atoms with E-state index in [0.717, 1.165) is 49.5 Å². The second kappa shape index (κ2) is 8.51. The maximum Gasteiger partial charge on any atom is 0.246 e. The van der Waals surface area contributed by atoms with Crippen molar-refractivity contribution in [3.8, 4) is 16.9 Å². The minimum absolute atomic E-state index is 0.203. The molecule has 28 heavy (non-hydrogen) atoms. The molecule has 2 aromatic rings. The van der Waals surface area contributed by atoms with Crippen LogP contribution in [0, 0.1) is 0 Å². The first-order valence-corrected chi connectivity index (χ1v) is 11.0. The zero-order valence-corrected chi connectivity index (χ0v) is 17.9. The first kappa shape index (κ1) is 20.6. The number of likely N-dealkylation sites (N-methyl/N-ethyl adjacent to an activating group) is 1. The summed E-state index contributed by atoms with van der Waals surface area (Å²) in [5.41, 5.74) is 2.64. The highest BCUT2D eigenvalue weighted by Gasteiger charge is 2.28. The topological polar surface area (TPSA) is 53.1 Å². The normalized spacial score (nSPS) is 15.8. The molecule has 6 nitrogen and oxygen atoms in total. The van der Waals surface area contributed by atoms with E-state index >= 15 is 0 Å². The standard InChI is InChI=1S/C21H29N3O3S/c1-5-23-11-13-24(14-12-23)18-15-19(17-9-7-6-8-10-17)21(27-4)20(16-18)28(25,26)22(2)3/h6-10,15-16H,5,11-14H2,1-4H3. The van der Waals surface area contributed by atoms with Crippen molar-refractivity contribution in [3.05, 3.63) is 42.5 Å². The maximum absolute atomic E-state index is 13.0. The first-order valence-electron chi connectivity index (χ1n) is 9.55. The van der Waals surface area contributed by atoms with Crippen LogP contribution in [0.5, 0.6) is 5.75 Å². The van der Waals surface area contributed by atoms with Gasteiger partial charge in [-0.3, -0.25) is 0 Å². The quantitative estimate of drug-likeness (QED) is 0.742. The highest BCUT2D eigenvalue weighted by molar-refractivity contribution is 7.89. The van der Waals surface area contributed by atoms with Crippen LogP contribution in [0.25, 0.3) is 11.1 Å². The van der Waals surface area contributed by atoms with E-state index in [9.17, 15) is 8.42 Å². The van der Waals surface area contributed by atoms with Gasteiger partial charge < -0.3 is 14.5 Å². The van der Waals surface area contributed by atoms with E-state index in [1.165, 1.54) is 11.4 Å². The molecule has 7 heteroatoms. The molecule has 3 rings (SSSR count). The van der Waals surface area contributed by atoms with Gasteiger partial charge in [0.25, 0.3) is 0 Å². The molecule has 0 radical (unpaired) electrons. The summed E-state index contributed by atoms with van der Waals surface area (Å²) in [5.74, 6) is 0.385. The molecular weight excluding hydrogens is 374 g/mol. The molecule has 1 heterocycles. The lowest BCUT2D eigenvalue weighted by Gasteiger charge is -2.36. The Labute approximate surface area is 168 Å². The number of rotatable bonds is 6. The van der Waals surface area contributed by atoms with Crippen LogP contribution in [0.1, 0.15) is 6.92 Å². The largest absolute Gasteiger partial charge is 0.495 e. The number of piperazine rings is 1. The van der Waals surface area contributed by atoms with E-state index in [-0.39, 0.29) is 4.90 Å². The van der Waals surface area contributed by atoms with E-state index in [1.54, 1.807) is 20.2 Å². The Bertz CT molecular complexity index is 906. The van der Waals surface area contributed by atoms with E-state index in [0.29, 0.717) is 5.75 Å². The van der Waals surface area contributed by atoms with E-state index in [4.69, 9.17) is 4.74 Å². The number of hydrogen-bond acceptors (Lipinski definition) is 5. The highest BCUT2D eigenvalue weighted by Crippen LogP contribution is 2.40. The molecule has 1 fully saturated rings. The van der Waals surface area contributed by atoms with Gasteiger partial charge in [0.05, 0.1) is 7.11 Å². The van der Waals surface area contributed by atoms with Gasteiger partial charge in [-0.05, 0) is 24.2 Å². The van der Waals surface area contributed by atoms with Gasteiger partial charge in [-0.2, -0.15) is 0 Å². The summed E-state index contributed by atoms with van der Waals surface area (Å²) in [6, 6.07) is 13.6. The molecule has 1 aliphatic heterocycles. The van der Waals surface area contributed by atoms with Gasteiger partial charge in [-0.1, -0.05) is 37.3 Å². The number of methoxy groups -OCH3 is 1. The van der Waals surface area contributed by atoms with Crippen molar-refractivity contribution >= 4 is 15.7 Å². The lowest BCUT2D eigenvalue weighted by atomic mass is 10.0. The number of hydrogen-bond donors (Lipinski definition) is 0. The second-order valence-electron chi connectivity index (χ2n) is 7.10. The molecule has 0 aliphatic carbocycles. The third-order valence-corrected chi connectivity index (χ3v) is 7.09. The number of anilines is 1. The maximum atomic E-state index is 13.0. The predicted molar refractivity (Wildman–Crippen MR) is 114 cm³/mol. The molecule has 1 saturated heterocycles. The molecule has 0 N–H and O–H groups in total. The fourth-order valence-electron chi connectivity index (χ4n) is 3.52. The van der Waals surface area contributed by atoms with Crippen molar-refractivity contribution in [1.29, 1.82) is 0 Å². The average Bonchev–Trinajstić information content (AvgIpc) is 2.73. The molecule has 2 aromatic carbocycles. The predicted octanol–water partition coefficient (Wildman–Crippen LogP) is 2.75. The van der Waals surface area contributed by atoms with E-state index in [2.05, 4.69) is 16.7 Å². The van der Waals surface area contributed by atoms with Crippen molar-refractivity contribution in [3.63, 3.8) is 0 Å². The Hall–Kier alpha value is -2.09. The van der Waals surface area contributed by atoms with Crippen molar-refractivity contribution in [2.45, 2.75) is 11.8 Å². The second-order valence-corrected chi connectivity index (χ2v) is 9.22. The van der Waals surface area contributed by atoms with Crippen LogP contribution in [-0.4, -0.2) is 71.6 Å². The SMILES string of the molecule is CCN1CCN(c2cc(-c3ccccc3)c(OC)c(S(=O)(=O)N(C)C)c2)CC1. The molecule has 0 unspecified atom stereocenters. The Kier molecular flexibility index (Phi) is 6.27. The van der Waals surface area contributed by atoms with Crippen LogP contribution in [0.4, 0.5) is 5.69 Å². The Morgan fingerprint density at radius 2 is 1.68 bits per heavy atom. The summed E-state index contributed by atoms with van der Waals surface area (Å²) in [6.45, 7) is 6.88. The summed E-state index contributed by atoms with van der Waals surface area (Å²) in [7, 11) is 0.959. The van der Waals surface area contributed by atoms with E-state index < -0.39 is 10.0 Å². The van der Waals surface area contributed by atoms with Gasteiger partial charge >= 0.3 is 0 Å². The Balaban J connectivity index is 2.16. The Morgan fingerprint density at radius 1 is 1.04 bits per heavy atom. The molecule has 0 saturated carbocycles. The van der Waals surface area contributed by atoms with Crippen LogP contribution >= 0.6 is 0 Å². The molecule has 1 aliphatic rings. The fourth-order valence-corrected chi connectivity index (χ4v) is 4.61. The monoisotopic (exact) mass is 403 g/mol. The average molecular weight is 404 g/mol. The van der Waals surface area contributed by atoms with Crippen molar-refractivity contribution in [1.82, 2.24) is 9.21 Å². The van der Waals surface area contributed by atoms with Crippen LogP contribution < -0.4 is 9.64 Å². The van der Waals surface area contributed by atoms with Gasteiger partial charge in [-0.25, -0.2) is 12.7 Å². The smallest absolute Gasteiger partial charge is 0.246 e. The molecule has 0 atom stereocenters. The van der Waals surface area contributed by atoms with Gasteiger partial charge in [-0.15, -0.1) is 0 Å². The summed E-state index contributed by atoms with van der Waals surface area (Å²) in [5, 5.41) is 0. The number of sulfonamides is 1. The molecule has 0 spiro atoms. The molecular formula is C21H29N3O3S. The lowest BCUT2D eigenvalue weighted by Crippen LogP contribution is -2.46. The fraction of sp³-hybridized carbons (Fsp3) is 0.429. The molecule has 0 amide bonds. The molecule has 0 bridgehead atoms. The van der Waals surface area contributed by atoms with Gasteiger partial charge in [0.2, 0.25) is 10.0 Å². The van der Waals surface area contributed by atoms with Crippen molar-refractivity contribution in [2.75, 3.05) is 58.8 Å². The number of ether oxygens (including phenoxy) is 1. The third kappa shape index (κ3) is 4.01. The van der Waals surface area contributed by atoms with Crippen LogP contribution in [0.3, 0.4) is 0 Å². The zero-order valence-electron chi connectivity index (χ0n) is 17.1.